The summed E-state index contributed by atoms with van der Waals surface area (Å²) < 4.78 is 0. The van der Waals surface area contributed by atoms with Crippen molar-refractivity contribution in [3.8, 4) is 5.75 Å². The number of hydrogen-bond acceptors (Lipinski definition) is 11. The number of carbonyl (C=O) groups excluding carboxylic acids is 3. The Labute approximate surface area is 231 Å². The molecule has 8 N–H and O–H groups in total. The summed E-state index contributed by atoms with van der Waals surface area (Å²) in [5, 5.41) is 60.4. The number of rotatable bonds is 4. The average molecular weight is 557 g/mol. The normalized spacial score (nSPS) is 33.1. The predicted octanol–water partition coefficient (Wildman–Crippen LogP) is 0.159. The summed E-state index contributed by atoms with van der Waals surface area (Å²) in [7, 11) is 5.03. The van der Waals surface area contributed by atoms with Gasteiger partial charge >= 0.3 is 0 Å². The number of aromatic hydroxyl groups is 1. The highest BCUT2D eigenvalue weighted by Gasteiger charge is 2.67. The topological polar surface area (TPSA) is 197 Å². The molecule has 0 saturated carbocycles. The van der Waals surface area contributed by atoms with Crippen LogP contribution in [0.5, 0.6) is 5.75 Å². The summed E-state index contributed by atoms with van der Waals surface area (Å²) in [6.45, 7) is 3.46. The molecule has 1 aromatic rings. The molecular formula is C28H36N4O8. The van der Waals surface area contributed by atoms with E-state index < -0.39 is 75.6 Å². The number of nitrogens with one attached hydrogen (secondary N) is 1. The first-order chi connectivity index (χ1) is 18.7. The molecular weight excluding hydrogens is 520 g/mol. The van der Waals surface area contributed by atoms with Crippen LogP contribution >= 0.6 is 0 Å². The van der Waals surface area contributed by atoms with E-state index in [9.17, 15) is 39.9 Å². The van der Waals surface area contributed by atoms with E-state index in [1.165, 1.54) is 19.0 Å². The van der Waals surface area contributed by atoms with Gasteiger partial charge in [0.1, 0.15) is 22.8 Å². The minimum atomic E-state index is -2.93. The Morgan fingerprint density at radius 1 is 1.15 bits per heavy atom. The fourth-order valence-electron chi connectivity index (χ4n) is 7.11. The van der Waals surface area contributed by atoms with Crippen molar-refractivity contribution >= 4 is 23.2 Å². The number of hydrogen-bond donors (Lipinski definition) is 7. The van der Waals surface area contributed by atoms with Crippen molar-refractivity contribution in [2.24, 2.45) is 17.6 Å². The highest BCUT2D eigenvalue weighted by molar-refractivity contribution is 6.25. The minimum Gasteiger partial charge on any atom is -0.510 e. The molecule has 1 aliphatic heterocycles. The van der Waals surface area contributed by atoms with E-state index in [1.54, 1.807) is 19.1 Å². The second-order valence-electron chi connectivity index (χ2n) is 11.7. The van der Waals surface area contributed by atoms with Crippen LogP contribution in [0, 0.1) is 11.8 Å². The van der Waals surface area contributed by atoms with Gasteiger partial charge in [0, 0.05) is 17.5 Å². The molecule has 0 aromatic heterocycles. The highest BCUT2D eigenvalue weighted by Crippen LogP contribution is 2.56. The molecule has 1 heterocycles. The third-order valence-corrected chi connectivity index (χ3v) is 9.21. The number of piperidine rings is 1. The lowest BCUT2D eigenvalue weighted by Crippen LogP contribution is -2.68. The zero-order valence-corrected chi connectivity index (χ0v) is 22.9. The van der Waals surface area contributed by atoms with E-state index in [4.69, 9.17) is 5.73 Å². The Kier molecular flexibility index (Phi) is 6.73. The monoisotopic (exact) mass is 556 g/mol. The van der Waals surface area contributed by atoms with Gasteiger partial charge in [-0.15, -0.1) is 0 Å². The molecule has 4 aliphatic rings. The van der Waals surface area contributed by atoms with Gasteiger partial charge in [-0.05, 0) is 64.6 Å². The summed E-state index contributed by atoms with van der Waals surface area (Å²) >= 11 is 0. The second-order valence-corrected chi connectivity index (χ2v) is 11.7. The smallest absolute Gasteiger partial charge is 0.255 e. The van der Waals surface area contributed by atoms with Gasteiger partial charge in [0.2, 0.25) is 5.78 Å². The van der Waals surface area contributed by atoms with Crippen molar-refractivity contribution in [2.45, 2.75) is 49.5 Å². The van der Waals surface area contributed by atoms with E-state index in [-0.39, 0.29) is 17.4 Å². The molecule has 12 nitrogen and oxygen atoms in total. The number of phenols is 1. The second kappa shape index (κ2) is 9.58. The molecule has 0 bridgehead atoms. The number of phenolic OH excluding ortho intramolecular Hbond substituents is 1. The third kappa shape index (κ3) is 3.77. The minimum absolute atomic E-state index is 0.0733. The molecule has 6 atom stereocenters. The number of carbonyl (C=O) groups is 3. The maximum absolute atomic E-state index is 14.0. The predicted molar refractivity (Wildman–Crippen MR) is 144 cm³/mol. The number of aliphatic hydroxyl groups excluding tert-OH is 3. The fourth-order valence-corrected chi connectivity index (χ4v) is 7.11. The van der Waals surface area contributed by atoms with Gasteiger partial charge in [0.25, 0.3) is 5.91 Å². The van der Waals surface area contributed by atoms with Crippen LogP contribution in [0.15, 0.2) is 34.8 Å². The van der Waals surface area contributed by atoms with E-state index in [0.29, 0.717) is 11.3 Å². The van der Waals surface area contributed by atoms with Crippen LogP contribution in [0.2, 0.25) is 0 Å². The van der Waals surface area contributed by atoms with E-state index in [2.05, 4.69) is 10.2 Å². The first-order valence-corrected chi connectivity index (χ1v) is 13.4. The number of amides is 1. The number of Topliss-reactive ketones (excluding diaryl/α,β-unsaturated/α-hetero) is 2. The number of fused-ring (bicyclic) bond motifs is 3. The lowest BCUT2D eigenvalue weighted by Gasteiger charge is -2.53. The Hall–Kier alpha value is -3.45. The Morgan fingerprint density at radius 3 is 2.35 bits per heavy atom. The third-order valence-electron chi connectivity index (χ3n) is 9.21. The number of primary amides is 1. The average Bonchev–Trinajstić information content (AvgIpc) is 2.88. The van der Waals surface area contributed by atoms with Crippen LogP contribution < -0.4 is 11.1 Å². The summed E-state index contributed by atoms with van der Waals surface area (Å²) in [6.07, 6.45) is 0.0584. The van der Waals surface area contributed by atoms with Crippen LogP contribution in [-0.4, -0.2) is 111 Å². The highest BCUT2D eigenvalue weighted by atomic mass is 16.4. The molecule has 1 amide bonds. The van der Waals surface area contributed by atoms with E-state index in [1.807, 2.05) is 7.05 Å². The van der Waals surface area contributed by atoms with Crippen molar-refractivity contribution in [1.82, 2.24) is 9.80 Å². The van der Waals surface area contributed by atoms with Gasteiger partial charge < -0.3 is 41.5 Å². The molecule has 40 heavy (non-hydrogen) atoms. The maximum Gasteiger partial charge on any atom is 0.255 e. The standard InChI is InChI=1S/C28H36N4O8/c1-11-13-5-6-14(30-12-7-9-32(4)10-8-12)21(33)16(13)22(34)17-15(11)23(35)19-20(31(2)3)24(36)18(27(29)39)26(38)28(19,40)25(17)37/h5-6,11-12,15,19-20,23,30,33,35-37,40H,7-10H2,1-4H3,(H2,29,39). The van der Waals surface area contributed by atoms with Gasteiger partial charge in [-0.25, -0.2) is 0 Å². The Balaban J connectivity index is 1.65. The molecule has 216 valence electrons. The fraction of sp³-hybridized carbons (Fsp3) is 0.536. The van der Waals surface area contributed by atoms with Gasteiger partial charge in [-0.2, -0.15) is 0 Å². The first-order valence-electron chi connectivity index (χ1n) is 13.4. The Morgan fingerprint density at radius 2 is 1.77 bits per heavy atom. The molecule has 0 radical (unpaired) electrons. The number of nitrogens with zero attached hydrogens (tertiary/aromatic N) is 2. The largest absolute Gasteiger partial charge is 0.510 e. The van der Waals surface area contributed by atoms with Crippen LogP contribution in [-0.2, 0) is 9.59 Å². The number of benzene rings is 1. The van der Waals surface area contributed by atoms with Gasteiger partial charge in [-0.1, -0.05) is 13.0 Å². The summed E-state index contributed by atoms with van der Waals surface area (Å²) in [4.78, 5) is 43.2. The molecule has 6 unspecified atom stereocenters. The number of likely N-dealkylation sites (tertiary alicyclic amines) is 1. The van der Waals surface area contributed by atoms with Crippen LogP contribution in [0.1, 0.15) is 41.6 Å². The van der Waals surface area contributed by atoms with Crippen molar-refractivity contribution in [3.63, 3.8) is 0 Å². The molecule has 1 aromatic carbocycles. The first kappa shape index (κ1) is 28.1. The molecule has 0 spiro atoms. The number of ketones is 2. The molecule has 1 fully saturated rings. The number of nitrogens with two attached hydrogens (primary N) is 1. The summed E-state index contributed by atoms with van der Waals surface area (Å²) in [5.41, 5.74) is 1.77. The van der Waals surface area contributed by atoms with Gasteiger partial charge in [0.15, 0.2) is 11.4 Å². The molecule has 1 saturated heterocycles. The number of anilines is 1. The van der Waals surface area contributed by atoms with Crippen molar-refractivity contribution in [1.29, 1.82) is 0 Å². The van der Waals surface area contributed by atoms with Crippen LogP contribution in [0.3, 0.4) is 0 Å². The zero-order valence-electron chi connectivity index (χ0n) is 22.9. The summed E-state index contributed by atoms with van der Waals surface area (Å²) in [5.74, 6) is -8.93. The van der Waals surface area contributed by atoms with Crippen molar-refractivity contribution in [2.75, 3.05) is 39.5 Å². The lowest BCUT2D eigenvalue weighted by atomic mass is 9.55. The molecule has 5 rings (SSSR count). The van der Waals surface area contributed by atoms with E-state index in [0.717, 1.165) is 25.9 Å². The maximum atomic E-state index is 14.0. The van der Waals surface area contributed by atoms with Crippen molar-refractivity contribution in [3.05, 3.63) is 45.9 Å². The quantitative estimate of drug-likeness (QED) is 0.197. The zero-order chi connectivity index (χ0) is 29.4. The molecule has 12 heteroatoms. The van der Waals surface area contributed by atoms with Gasteiger partial charge in [-0.3, -0.25) is 19.3 Å². The van der Waals surface area contributed by atoms with Crippen LogP contribution in [0.4, 0.5) is 5.69 Å². The number of aliphatic hydroxyl groups is 4. The summed E-state index contributed by atoms with van der Waals surface area (Å²) in [6, 6.07) is 2.15. The van der Waals surface area contributed by atoms with Crippen molar-refractivity contribution < 1.29 is 39.9 Å². The number of likely N-dealkylation sites (N-methyl/N-ethyl adjacent to an activating group) is 1. The molecule has 3 aliphatic carbocycles. The van der Waals surface area contributed by atoms with Gasteiger partial charge in [0.05, 0.1) is 29.3 Å². The van der Waals surface area contributed by atoms with Crippen LogP contribution in [0.25, 0.3) is 0 Å². The SMILES string of the molecule is CC1c2ccc(NC3CCN(C)CC3)c(O)c2C(=O)C2=C(O)C3(O)C(=O)C(C(N)=O)=C(O)C(N(C)C)C3C(O)C21. The lowest BCUT2D eigenvalue weighted by molar-refractivity contribution is -0.162. The Bertz CT molecular complexity index is 1360. The van der Waals surface area contributed by atoms with E-state index >= 15 is 0 Å².